The van der Waals surface area contributed by atoms with E-state index in [1.807, 2.05) is 6.07 Å². The van der Waals surface area contributed by atoms with Crippen molar-refractivity contribution >= 4 is 16.0 Å². The van der Waals surface area contributed by atoms with Crippen molar-refractivity contribution in [3.63, 3.8) is 0 Å². The second-order valence-electron chi connectivity index (χ2n) is 4.42. The number of pyridine rings is 1. The number of sulfonamides is 1. The number of carboxylic acid groups (broad SMARTS) is 1. The van der Waals surface area contributed by atoms with Gasteiger partial charge < -0.3 is 5.11 Å². The molecule has 0 aliphatic carbocycles. The summed E-state index contributed by atoms with van der Waals surface area (Å²) in [4.78, 5) is 14.4. The van der Waals surface area contributed by atoms with Crippen LogP contribution >= 0.6 is 0 Å². The SMILES string of the molecule is O=C(O)c1ccc(CNS(=O)(=O)Cc2ccccc2)cn1. The van der Waals surface area contributed by atoms with Crippen LogP contribution in [0.5, 0.6) is 0 Å². The number of aromatic nitrogens is 1. The summed E-state index contributed by atoms with van der Waals surface area (Å²) in [6.07, 6.45) is 1.34. The maximum atomic E-state index is 11.9. The topological polar surface area (TPSA) is 96.4 Å². The quantitative estimate of drug-likeness (QED) is 0.841. The molecule has 0 saturated carbocycles. The van der Waals surface area contributed by atoms with Crippen LogP contribution < -0.4 is 4.72 Å². The minimum atomic E-state index is -3.45. The predicted octanol–water partition coefficient (Wildman–Crippen LogP) is 1.40. The molecule has 0 fully saturated rings. The molecule has 2 N–H and O–H groups in total. The Kier molecular flexibility index (Phi) is 4.66. The summed E-state index contributed by atoms with van der Waals surface area (Å²) < 4.78 is 26.3. The summed E-state index contributed by atoms with van der Waals surface area (Å²) in [5, 5.41) is 8.72. The molecule has 0 amide bonds. The largest absolute Gasteiger partial charge is 0.477 e. The van der Waals surface area contributed by atoms with Crippen molar-refractivity contribution < 1.29 is 18.3 Å². The molecule has 110 valence electrons. The summed E-state index contributed by atoms with van der Waals surface area (Å²) in [7, 11) is -3.45. The van der Waals surface area contributed by atoms with E-state index in [0.29, 0.717) is 11.1 Å². The first-order chi connectivity index (χ1) is 9.96. The van der Waals surface area contributed by atoms with E-state index in [-0.39, 0.29) is 18.0 Å². The Labute approximate surface area is 122 Å². The fourth-order valence-electron chi connectivity index (χ4n) is 1.69. The van der Waals surface area contributed by atoms with Gasteiger partial charge in [-0.05, 0) is 17.2 Å². The van der Waals surface area contributed by atoms with E-state index in [2.05, 4.69) is 9.71 Å². The Hall–Kier alpha value is -2.25. The second-order valence-corrected chi connectivity index (χ2v) is 6.23. The van der Waals surface area contributed by atoms with Crippen molar-refractivity contribution in [2.24, 2.45) is 0 Å². The minimum Gasteiger partial charge on any atom is -0.477 e. The normalized spacial score (nSPS) is 11.2. The molecule has 1 heterocycles. The third kappa shape index (κ3) is 4.66. The Bertz CT molecular complexity index is 712. The van der Waals surface area contributed by atoms with E-state index < -0.39 is 16.0 Å². The van der Waals surface area contributed by atoms with Crippen LogP contribution in [0, 0.1) is 0 Å². The first-order valence-corrected chi connectivity index (χ1v) is 7.81. The lowest BCUT2D eigenvalue weighted by Crippen LogP contribution is -2.24. The third-order valence-electron chi connectivity index (χ3n) is 2.74. The number of nitrogens with zero attached hydrogens (tertiary/aromatic N) is 1. The van der Waals surface area contributed by atoms with E-state index in [9.17, 15) is 13.2 Å². The number of nitrogens with one attached hydrogen (secondary N) is 1. The molecule has 1 aromatic heterocycles. The number of benzene rings is 1. The van der Waals surface area contributed by atoms with Gasteiger partial charge in [-0.25, -0.2) is 22.9 Å². The molecule has 0 radical (unpaired) electrons. The molecule has 7 heteroatoms. The molecule has 0 unspecified atom stereocenters. The second kappa shape index (κ2) is 6.47. The van der Waals surface area contributed by atoms with Gasteiger partial charge in [0.15, 0.2) is 0 Å². The van der Waals surface area contributed by atoms with Crippen LogP contribution in [0.15, 0.2) is 48.7 Å². The van der Waals surface area contributed by atoms with Crippen molar-refractivity contribution in [3.05, 3.63) is 65.5 Å². The number of hydrogen-bond acceptors (Lipinski definition) is 4. The van der Waals surface area contributed by atoms with Crippen LogP contribution in [-0.4, -0.2) is 24.5 Å². The summed E-state index contributed by atoms with van der Waals surface area (Å²) in [6, 6.07) is 11.7. The van der Waals surface area contributed by atoms with Gasteiger partial charge in [0.05, 0.1) is 5.75 Å². The molecular formula is C14H14N2O4S. The smallest absolute Gasteiger partial charge is 0.354 e. The molecule has 0 aliphatic heterocycles. The number of carbonyl (C=O) groups is 1. The van der Waals surface area contributed by atoms with Crippen LogP contribution in [0.2, 0.25) is 0 Å². The number of aromatic carboxylic acids is 1. The van der Waals surface area contributed by atoms with Crippen LogP contribution in [0.25, 0.3) is 0 Å². The van der Waals surface area contributed by atoms with Gasteiger partial charge in [0, 0.05) is 12.7 Å². The Morgan fingerprint density at radius 1 is 1.10 bits per heavy atom. The molecule has 2 rings (SSSR count). The van der Waals surface area contributed by atoms with Crippen molar-refractivity contribution in [1.82, 2.24) is 9.71 Å². The molecule has 2 aromatic rings. The van der Waals surface area contributed by atoms with Crippen LogP contribution in [0.1, 0.15) is 21.6 Å². The lowest BCUT2D eigenvalue weighted by molar-refractivity contribution is 0.0690. The van der Waals surface area contributed by atoms with Gasteiger partial charge in [-0.15, -0.1) is 0 Å². The highest BCUT2D eigenvalue weighted by molar-refractivity contribution is 7.88. The minimum absolute atomic E-state index is 0.0715. The first kappa shape index (κ1) is 15.1. The highest BCUT2D eigenvalue weighted by atomic mass is 32.2. The van der Waals surface area contributed by atoms with Gasteiger partial charge in [0.2, 0.25) is 10.0 Å². The molecule has 0 spiro atoms. The van der Waals surface area contributed by atoms with E-state index in [1.54, 1.807) is 24.3 Å². The molecule has 1 aromatic carbocycles. The summed E-state index contributed by atoms with van der Waals surface area (Å²) in [5.41, 5.74) is 1.21. The van der Waals surface area contributed by atoms with E-state index >= 15 is 0 Å². The average molecular weight is 306 g/mol. The third-order valence-corrected chi connectivity index (χ3v) is 4.04. The number of rotatable bonds is 6. The first-order valence-electron chi connectivity index (χ1n) is 6.16. The molecule has 0 atom stereocenters. The zero-order valence-electron chi connectivity index (χ0n) is 11.1. The number of carboxylic acids is 1. The van der Waals surface area contributed by atoms with E-state index in [4.69, 9.17) is 5.11 Å². The zero-order chi connectivity index (χ0) is 15.3. The summed E-state index contributed by atoms with van der Waals surface area (Å²) in [6.45, 7) is 0.0715. The van der Waals surface area contributed by atoms with Gasteiger partial charge in [-0.1, -0.05) is 36.4 Å². The Morgan fingerprint density at radius 3 is 2.38 bits per heavy atom. The fourth-order valence-corrected chi connectivity index (χ4v) is 2.81. The molecule has 6 nitrogen and oxygen atoms in total. The lowest BCUT2D eigenvalue weighted by Gasteiger charge is -2.07. The van der Waals surface area contributed by atoms with E-state index in [1.165, 1.54) is 18.3 Å². The Balaban J connectivity index is 1.97. The molecule has 0 aliphatic rings. The van der Waals surface area contributed by atoms with Crippen molar-refractivity contribution in [2.75, 3.05) is 0 Å². The maximum absolute atomic E-state index is 11.9. The Morgan fingerprint density at radius 2 is 1.81 bits per heavy atom. The maximum Gasteiger partial charge on any atom is 0.354 e. The van der Waals surface area contributed by atoms with Crippen molar-refractivity contribution in [1.29, 1.82) is 0 Å². The monoisotopic (exact) mass is 306 g/mol. The fraction of sp³-hybridized carbons (Fsp3) is 0.143. The van der Waals surface area contributed by atoms with Crippen LogP contribution in [-0.2, 0) is 22.3 Å². The standard InChI is InChI=1S/C14H14N2O4S/c17-14(18)13-7-6-12(8-15-13)9-16-21(19,20)10-11-4-2-1-3-5-11/h1-8,16H,9-10H2,(H,17,18). The van der Waals surface area contributed by atoms with Crippen LogP contribution in [0.3, 0.4) is 0 Å². The summed E-state index contributed by atoms with van der Waals surface area (Å²) in [5.74, 6) is -1.22. The highest BCUT2D eigenvalue weighted by Gasteiger charge is 2.11. The summed E-state index contributed by atoms with van der Waals surface area (Å²) >= 11 is 0. The van der Waals surface area contributed by atoms with Gasteiger partial charge in [-0.3, -0.25) is 0 Å². The molecular weight excluding hydrogens is 292 g/mol. The molecule has 0 bridgehead atoms. The molecule has 0 saturated heterocycles. The van der Waals surface area contributed by atoms with E-state index in [0.717, 1.165) is 0 Å². The highest BCUT2D eigenvalue weighted by Crippen LogP contribution is 2.06. The van der Waals surface area contributed by atoms with Gasteiger partial charge >= 0.3 is 5.97 Å². The average Bonchev–Trinajstić information content (AvgIpc) is 2.46. The molecule has 21 heavy (non-hydrogen) atoms. The van der Waals surface area contributed by atoms with Gasteiger partial charge in [0.1, 0.15) is 5.69 Å². The lowest BCUT2D eigenvalue weighted by atomic mass is 10.2. The number of hydrogen-bond donors (Lipinski definition) is 2. The van der Waals surface area contributed by atoms with Crippen molar-refractivity contribution in [3.8, 4) is 0 Å². The van der Waals surface area contributed by atoms with Gasteiger partial charge in [0.25, 0.3) is 0 Å². The zero-order valence-corrected chi connectivity index (χ0v) is 11.9. The van der Waals surface area contributed by atoms with Crippen LogP contribution in [0.4, 0.5) is 0 Å². The predicted molar refractivity (Wildman–Crippen MR) is 77.1 cm³/mol. The van der Waals surface area contributed by atoms with Gasteiger partial charge in [-0.2, -0.15) is 0 Å². The van der Waals surface area contributed by atoms with Crippen molar-refractivity contribution in [2.45, 2.75) is 12.3 Å².